The number of rotatable bonds is 3. The molecule has 1 spiro atoms. The standard InChI is InChI=1S/C20H29N3O2/c1-14(2)23-19(24)22(16-6-8-17(25-3)9-7-16)13-20(23)11-15-5-4-10-21-18(15)12-20/h6-9,14-15,18,21H,4-5,10-13H2,1-3H3. The maximum Gasteiger partial charge on any atom is 0.325 e. The van der Waals surface area contributed by atoms with Crippen molar-refractivity contribution in [2.24, 2.45) is 5.92 Å². The van der Waals surface area contributed by atoms with Crippen molar-refractivity contribution >= 4 is 11.7 Å². The molecule has 2 saturated heterocycles. The fourth-order valence-electron chi connectivity index (χ4n) is 5.31. The number of hydrogen-bond acceptors (Lipinski definition) is 3. The van der Waals surface area contributed by atoms with Gasteiger partial charge in [-0.05, 0) is 76.3 Å². The summed E-state index contributed by atoms with van der Waals surface area (Å²) in [4.78, 5) is 17.4. The van der Waals surface area contributed by atoms with E-state index in [0.29, 0.717) is 12.0 Å². The maximum absolute atomic E-state index is 13.3. The first kappa shape index (κ1) is 16.7. The van der Waals surface area contributed by atoms with Gasteiger partial charge in [0, 0.05) is 17.8 Å². The van der Waals surface area contributed by atoms with Gasteiger partial charge >= 0.3 is 6.03 Å². The molecule has 3 unspecified atom stereocenters. The van der Waals surface area contributed by atoms with Gasteiger partial charge in [0.1, 0.15) is 5.75 Å². The van der Waals surface area contributed by atoms with E-state index in [1.54, 1.807) is 7.11 Å². The summed E-state index contributed by atoms with van der Waals surface area (Å²) in [5.74, 6) is 1.53. The van der Waals surface area contributed by atoms with Crippen molar-refractivity contribution in [3.63, 3.8) is 0 Å². The van der Waals surface area contributed by atoms with Crippen LogP contribution >= 0.6 is 0 Å². The molecule has 0 bridgehead atoms. The van der Waals surface area contributed by atoms with Gasteiger partial charge in [0.15, 0.2) is 0 Å². The zero-order valence-electron chi connectivity index (χ0n) is 15.5. The Kier molecular flexibility index (Phi) is 4.14. The van der Waals surface area contributed by atoms with Crippen LogP contribution in [0.5, 0.6) is 5.75 Å². The molecule has 1 aliphatic carbocycles. The Morgan fingerprint density at radius 3 is 2.64 bits per heavy atom. The molecule has 2 aliphatic heterocycles. The molecule has 3 fully saturated rings. The van der Waals surface area contributed by atoms with E-state index in [-0.39, 0.29) is 17.6 Å². The summed E-state index contributed by atoms with van der Waals surface area (Å²) < 4.78 is 5.25. The number of carbonyl (C=O) groups excluding carboxylic acids is 1. The number of fused-ring (bicyclic) bond motifs is 1. The van der Waals surface area contributed by atoms with E-state index >= 15 is 0 Å². The lowest BCUT2D eigenvalue weighted by atomic mass is 9.91. The maximum atomic E-state index is 13.3. The minimum Gasteiger partial charge on any atom is -0.497 e. The van der Waals surface area contributed by atoms with Crippen LogP contribution in [0.4, 0.5) is 10.5 Å². The highest BCUT2D eigenvalue weighted by atomic mass is 16.5. The van der Waals surface area contributed by atoms with Crippen LogP contribution < -0.4 is 15.0 Å². The van der Waals surface area contributed by atoms with E-state index in [2.05, 4.69) is 24.1 Å². The normalized spacial score (nSPS) is 31.9. The number of methoxy groups -OCH3 is 1. The number of nitrogens with zero attached hydrogens (tertiary/aromatic N) is 2. The number of hydrogen-bond donors (Lipinski definition) is 1. The van der Waals surface area contributed by atoms with Gasteiger partial charge in [0.05, 0.1) is 19.2 Å². The topological polar surface area (TPSA) is 44.8 Å². The molecule has 136 valence electrons. The van der Waals surface area contributed by atoms with Crippen LogP contribution in [-0.2, 0) is 0 Å². The Hall–Kier alpha value is -1.75. The van der Waals surface area contributed by atoms with Crippen molar-refractivity contribution in [3.8, 4) is 5.75 Å². The number of amides is 2. The van der Waals surface area contributed by atoms with E-state index in [9.17, 15) is 4.79 Å². The highest BCUT2D eigenvalue weighted by Crippen LogP contribution is 2.48. The zero-order valence-corrected chi connectivity index (χ0v) is 15.5. The average molecular weight is 343 g/mol. The first-order chi connectivity index (χ1) is 12.0. The molecule has 5 nitrogen and oxygen atoms in total. The van der Waals surface area contributed by atoms with Crippen molar-refractivity contribution < 1.29 is 9.53 Å². The van der Waals surface area contributed by atoms with Crippen molar-refractivity contribution in [1.82, 2.24) is 10.2 Å². The highest BCUT2D eigenvalue weighted by Gasteiger charge is 2.57. The Balaban J connectivity index is 1.64. The Morgan fingerprint density at radius 1 is 1.24 bits per heavy atom. The number of piperidine rings is 1. The van der Waals surface area contributed by atoms with Crippen molar-refractivity contribution in [1.29, 1.82) is 0 Å². The zero-order chi connectivity index (χ0) is 17.6. The molecule has 3 atom stereocenters. The second kappa shape index (κ2) is 6.20. The Morgan fingerprint density at radius 2 is 2.00 bits per heavy atom. The smallest absolute Gasteiger partial charge is 0.325 e. The van der Waals surface area contributed by atoms with E-state index in [0.717, 1.165) is 37.4 Å². The van der Waals surface area contributed by atoms with Gasteiger partial charge in [-0.2, -0.15) is 0 Å². The van der Waals surface area contributed by atoms with Crippen LogP contribution in [0.25, 0.3) is 0 Å². The van der Waals surface area contributed by atoms with Gasteiger partial charge < -0.3 is 15.0 Å². The molecular formula is C20H29N3O2. The van der Waals surface area contributed by atoms with Crippen LogP contribution in [0, 0.1) is 5.92 Å². The second-order valence-corrected chi connectivity index (χ2v) is 8.13. The van der Waals surface area contributed by atoms with E-state index in [1.807, 2.05) is 29.2 Å². The number of ether oxygens (including phenoxy) is 1. The average Bonchev–Trinajstić information content (AvgIpc) is 3.11. The Bertz CT molecular complexity index is 629. The number of benzene rings is 1. The van der Waals surface area contributed by atoms with Crippen LogP contribution in [0.15, 0.2) is 24.3 Å². The highest BCUT2D eigenvalue weighted by molar-refractivity contribution is 5.95. The SMILES string of the molecule is COc1ccc(N2CC3(CC4CCCNC4C3)N(C(C)C)C2=O)cc1. The fraction of sp³-hybridized carbons (Fsp3) is 0.650. The molecule has 1 aromatic rings. The molecular weight excluding hydrogens is 314 g/mol. The quantitative estimate of drug-likeness (QED) is 0.916. The fourth-order valence-corrected chi connectivity index (χ4v) is 5.31. The lowest BCUT2D eigenvalue weighted by molar-refractivity contribution is 0.129. The second-order valence-electron chi connectivity index (χ2n) is 8.13. The van der Waals surface area contributed by atoms with Crippen LogP contribution in [0.2, 0.25) is 0 Å². The molecule has 1 saturated carbocycles. The molecule has 2 amide bonds. The van der Waals surface area contributed by atoms with E-state index < -0.39 is 0 Å². The summed E-state index contributed by atoms with van der Waals surface area (Å²) in [6, 6.07) is 8.80. The molecule has 1 aromatic carbocycles. The summed E-state index contributed by atoms with van der Waals surface area (Å²) in [5, 5.41) is 3.70. The summed E-state index contributed by atoms with van der Waals surface area (Å²) in [6.07, 6.45) is 4.76. The minimum atomic E-state index is -0.0299. The number of nitrogens with one attached hydrogen (secondary N) is 1. The predicted octanol–water partition coefficient (Wildman–Crippen LogP) is 3.25. The van der Waals surface area contributed by atoms with Crippen molar-refractivity contribution in [2.75, 3.05) is 25.1 Å². The third kappa shape index (κ3) is 2.69. The molecule has 1 N–H and O–H groups in total. The largest absolute Gasteiger partial charge is 0.497 e. The van der Waals surface area contributed by atoms with Gasteiger partial charge in [0.25, 0.3) is 0 Å². The monoisotopic (exact) mass is 343 g/mol. The summed E-state index contributed by atoms with van der Waals surface area (Å²) in [7, 11) is 1.67. The first-order valence-electron chi connectivity index (χ1n) is 9.52. The lowest BCUT2D eigenvalue weighted by Crippen LogP contribution is -2.49. The minimum absolute atomic E-state index is 0.0299. The molecule has 5 heteroatoms. The molecule has 0 aromatic heterocycles. The van der Waals surface area contributed by atoms with E-state index in [1.165, 1.54) is 12.8 Å². The summed E-state index contributed by atoms with van der Waals surface area (Å²) in [6.45, 7) is 6.21. The van der Waals surface area contributed by atoms with Crippen LogP contribution in [0.1, 0.15) is 39.5 Å². The van der Waals surface area contributed by atoms with Crippen molar-refractivity contribution in [2.45, 2.75) is 57.2 Å². The molecule has 2 heterocycles. The molecule has 25 heavy (non-hydrogen) atoms. The summed E-state index contributed by atoms with van der Waals surface area (Å²) in [5.41, 5.74) is 0.939. The molecule has 0 radical (unpaired) electrons. The number of carbonyl (C=O) groups is 1. The molecule has 4 rings (SSSR count). The predicted molar refractivity (Wildman–Crippen MR) is 99.2 cm³/mol. The first-order valence-corrected chi connectivity index (χ1v) is 9.52. The Labute approximate surface area is 150 Å². The van der Waals surface area contributed by atoms with E-state index in [4.69, 9.17) is 4.74 Å². The lowest BCUT2D eigenvalue weighted by Gasteiger charge is -2.36. The third-order valence-corrected chi connectivity index (χ3v) is 6.27. The van der Waals surface area contributed by atoms with Gasteiger partial charge in [0.2, 0.25) is 0 Å². The number of anilines is 1. The van der Waals surface area contributed by atoms with Crippen molar-refractivity contribution in [3.05, 3.63) is 24.3 Å². The third-order valence-electron chi connectivity index (χ3n) is 6.27. The van der Waals surface area contributed by atoms with Crippen LogP contribution in [0.3, 0.4) is 0 Å². The molecule has 3 aliphatic rings. The number of urea groups is 1. The van der Waals surface area contributed by atoms with Gasteiger partial charge in [-0.15, -0.1) is 0 Å². The van der Waals surface area contributed by atoms with Gasteiger partial charge in [-0.25, -0.2) is 4.79 Å². The van der Waals surface area contributed by atoms with Crippen LogP contribution in [-0.4, -0.2) is 48.8 Å². The summed E-state index contributed by atoms with van der Waals surface area (Å²) >= 11 is 0. The van der Waals surface area contributed by atoms with Gasteiger partial charge in [-0.3, -0.25) is 4.90 Å². The van der Waals surface area contributed by atoms with Gasteiger partial charge in [-0.1, -0.05) is 0 Å².